The number of piperazine rings is 1. The number of nitrogens with zero attached hydrogens (tertiary/aromatic N) is 5. The van der Waals surface area contributed by atoms with Crippen LogP contribution in [0.2, 0.25) is 0 Å². The van der Waals surface area contributed by atoms with Crippen molar-refractivity contribution in [2.45, 2.75) is 61.4 Å². The first-order chi connectivity index (χ1) is 20.2. The third kappa shape index (κ3) is 5.74. The van der Waals surface area contributed by atoms with Crippen LogP contribution in [0.5, 0.6) is 5.75 Å². The van der Waals surface area contributed by atoms with Crippen molar-refractivity contribution in [2.24, 2.45) is 0 Å². The highest BCUT2D eigenvalue weighted by molar-refractivity contribution is 7.91. The molecule has 1 N–H and O–H groups in total. The Morgan fingerprint density at radius 3 is 2.17 bits per heavy atom. The molecular formula is C32H42FN5O3S. The van der Waals surface area contributed by atoms with Gasteiger partial charge in [0.15, 0.2) is 11.6 Å². The van der Waals surface area contributed by atoms with E-state index in [4.69, 9.17) is 0 Å². The van der Waals surface area contributed by atoms with E-state index in [1.807, 2.05) is 25.1 Å². The largest absolute Gasteiger partial charge is 0.505 e. The summed E-state index contributed by atoms with van der Waals surface area (Å²) in [5.41, 5.74) is 2.39. The summed E-state index contributed by atoms with van der Waals surface area (Å²) >= 11 is 0. The fraction of sp³-hybridized carbons (Fsp3) is 0.531. The summed E-state index contributed by atoms with van der Waals surface area (Å²) in [5, 5.41) is 10.4. The van der Waals surface area contributed by atoms with E-state index >= 15 is 0 Å². The summed E-state index contributed by atoms with van der Waals surface area (Å²) in [4.78, 5) is 14.4. The monoisotopic (exact) mass is 595 g/mol. The molecule has 0 radical (unpaired) electrons. The number of phenols is 1. The first kappa shape index (κ1) is 29.3. The van der Waals surface area contributed by atoms with Crippen LogP contribution < -0.4 is 4.90 Å². The number of piperidine rings is 2. The number of halogens is 1. The maximum atomic E-state index is 14.2. The summed E-state index contributed by atoms with van der Waals surface area (Å²) in [6.45, 7) is 13.8. The van der Waals surface area contributed by atoms with Gasteiger partial charge < -0.3 is 19.8 Å². The van der Waals surface area contributed by atoms with Crippen LogP contribution in [0.4, 0.5) is 10.1 Å². The van der Waals surface area contributed by atoms with Crippen LogP contribution in [-0.4, -0.2) is 104 Å². The number of phenolic OH excluding ortho intramolecular Hbond substituents is 1. The summed E-state index contributed by atoms with van der Waals surface area (Å²) in [7, 11) is -4.09. The van der Waals surface area contributed by atoms with Crippen molar-refractivity contribution >= 4 is 26.4 Å². The minimum absolute atomic E-state index is 0.0770. The zero-order valence-corrected chi connectivity index (χ0v) is 25.5. The Labute approximate surface area is 248 Å². The minimum Gasteiger partial charge on any atom is -0.505 e. The highest BCUT2D eigenvalue weighted by atomic mass is 32.2. The molecule has 2 aromatic carbocycles. The van der Waals surface area contributed by atoms with Gasteiger partial charge in [-0.05, 0) is 82.6 Å². The van der Waals surface area contributed by atoms with E-state index in [9.17, 15) is 17.9 Å². The molecule has 0 atom stereocenters. The average molecular weight is 596 g/mol. The molecule has 0 saturated carbocycles. The number of hydrogen-bond acceptors (Lipinski definition) is 8. The average Bonchev–Trinajstić information content (AvgIpc) is 3.02. The molecule has 10 heteroatoms. The number of anilines is 1. The Balaban J connectivity index is 1.19. The summed E-state index contributed by atoms with van der Waals surface area (Å²) < 4.78 is 42.0. The van der Waals surface area contributed by atoms with E-state index in [-0.39, 0.29) is 9.79 Å². The van der Waals surface area contributed by atoms with Gasteiger partial charge in [0.1, 0.15) is 4.90 Å². The van der Waals surface area contributed by atoms with Crippen molar-refractivity contribution in [2.75, 3.05) is 63.8 Å². The van der Waals surface area contributed by atoms with E-state index in [0.717, 1.165) is 74.2 Å². The zero-order chi connectivity index (χ0) is 29.4. The lowest BCUT2D eigenvalue weighted by atomic mass is 9.96. The lowest BCUT2D eigenvalue weighted by Crippen LogP contribution is -2.55. The molecule has 0 spiro atoms. The fourth-order valence-electron chi connectivity index (χ4n) is 7.09. The maximum Gasteiger partial charge on any atom is 0.210 e. The molecule has 3 saturated heterocycles. The topological polar surface area (TPSA) is 80.2 Å². The van der Waals surface area contributed by atoms with Gasteiger partial charge in [0.25, 0.3) is 0 Å². The lowest BCUT2D eigenvalue weighted by molar-refractivity contribution is 0.0449. The molecule has 42 heavy (non-hydrogen) atoms. The molecule has 226 valence electrons. The van der Waals surface area contributed by atoms with Gasteiger partial charge in [-0.15, -0.1) is 0 Å². The van der Waals surface area contributed by atoms with Crippen molar-refractivity contribution in [3.8, 4) is 5.75 Å². The van der Waals surface area contributed by atoms with Crippen molar-refractivity contribution in [1.29, 1.82) is 0 Å². The molecule has 3 fully saturated rings. The number of aryl methyl sites for hydroxylation is 1. The molecule has 3 aromatic rings. The quantitative estimate of drug-likeness (QED) is 0.452. The van der Waals surface area contributed by atoms with E-state index in [1.165, 1.54) is 51.3 Å². The second-order valence-electron chi connectivity index (χ2n) is 12.1. The standard InChI is InChI=1S/C32H42FN5O3S/c1-3-35-16-18-37(19-17-35)25-8-12-36(13-9-25)24-10-14-38(15-11-24)32-27-20-23(2)4-6-29(27)34-22-31(32)42(40,41)26-5-7-30(39)28(33)21-26/h4-7,20-22,24-25,39H,3,8-19H2,1-2H3. The van der Waals surface area contributed by atoms with E-state index in [1.54, 1.807) is 0 Å². The molecule has 8 nitrogen and oxygen atoms in total. The molecule has 0 amide bonds. The molecule has 6 rings (SSSR count). The first-order valence-corrected chi connectivity index (χ1v) is 16.8. The lowest BCUT2D eigenvalue weighted by Gasteiger charge is -2.46. The van der Waals surface area contributed by atoms with Gasteiger partial charge in [0, 0.05) is 62.9 Å². The molecular weight excluding hydrogens is 553 g/mol. The molecule has 0 unspecified atom stereocenters. The fourth-order valence-corrected chi connectivity index (χ4v) is 8.54. The molecule has 0 aliphatic carbocycles. The second-order valence-corrected chi connectivity index (χ2v) is 14.0. The smallest absolute Gasteiger partial charge is 0.210 e. The highest BCUT2D eigenvalue weighted by Gasteiger charge is 2.34. The predicted octanol–water partition coefficient (Wildman–Crippen LogP) is 4.29. The number of rotatable bonds is 6. The zero-order valence-electron chi connectivity index (χ0n) is 24.7. The Bertz CT molecular complexity index is 1530. The third-order valence-corrected chi connectivity index (χ3v) is 11.4. The molecule has 1 aromatic heterocycles. The Morgan fingerprint density at radius 1 is 0.881 bits per heavy atom. The van der Waals surface area contributed by atoms with Crippen molar-refractivity contribution < 1.29 is 17.9 Å². The van der Waals surface area contributed by atoms with E-state index in [2.05, 4.69) is 31.5 Å². The van der Waals surface area contributed by atoms with E-state index in [0.29, 0.717) is 17.8 Å². The van der Waals surface area contributed by atoms with Crippen LogP contribution >= 0.6 is 0 Å². The van der Waals surface area contributed by atoms with Gasteiger partial charge in [-0.1, -0.05) is 18.6 Å². The first-order valence-electron chi connectivity index (χ1n) is 15.3. The van der Waals surface area contributed by atoms with Gasteiger partial charge in [0.05, 0.1) is 16.1 Å². The second kappa shape index (κ2) is 12.1. The number of likely N-dealkylation sites (N-methyl/N-ethyl adjacent to an activating group) is 1. The van der Waals surface area contributed by atoms with Gasteiger partial charge in [-0.25, -0.2) is 12.8 Å². The van der Waals surface area contributed by atoms with Gasteiger partial charge in [0.2, 0.25) is 9.84 Å². The Kier molecular flexibility index (Phi) is 8.42. The number of likely N-dealkylation sites (tertiary alicyclic amines) is 1. The Hall–Kier alpha value is -2.79. The minimum atomic E-state index is -4.09. The van der Waals surface area contributed by atoms with Crippen LogP contribution in [0, 0.1) is 12.7 Å². The maximum absolute atomic E-state index is 14.2. The van der Waals surface area contributed by atoms with Crippen molar-refractivity contribution in [3.05, 3.63) is 54.0 Å². The number of sulfone groups is 1. The normalized spacial score (nSPS) is 20.9. The van der Waals surface area contributed by atoms with E-state index < -0.39 is 21.4 Å². The van der Waals surface area contributed by atoms with Crippen molar-refractivity contribution in [1.82, 2.24) is 19.7 Å². The number of aromatic nitrogens is 1. The highest BCUT2D eigenvalue weighted by Crippen LogP contribution is 2.38. The van der Waals surface area contributed by atoms with Gasteiger partial charge in [-0.2, -0.15) is 0 Å². The number of pyridine rings is 1. The van der Waals surface area contributed by atoms with Crippen LogP contribution in [0.25, 0.3) is 10.9 Å². The SMILES string of the molecule is CCN1CCN(C2CCN(C3CCN(c4c(S(=O)(=O)c5ccc(O)c(F)c5)cnc5ccc(C)cc45)CC3)CC2)CC1. The van der Waals surface area contributed by atoms with Gasteiger partial charge >= 0.3 is 0 Å². The number of fused-ring (bicyclic) bond motifs is 1. The van der Waals surface area contributed by atoms with Crippen LogP contribution in [0.1, 0.15) is 38.2 Å². The summed E-state index contributed by atoms with van der Waals surface area (Å²) in [6, 6.07) is 10.3. The Morgan fingerprint density at radius 2 is 1.52 bits per heavy atom. The molecule has 3 aliphatic rings. The van der Waals surface area contributed by atoms with Crippen LogP contribution in [-0.2, 0) is 9.84 Å². The number of hydrogen-bond donors (Lipinski definition) is 1. The third-order valence-electron chi connectivity index (χ3n) is 9.65. The molecule has 4 heterocycles. The van der Waals surface area contributed by atoms with Crippen LogP contribution in [0.3, 0.4) is 0 Å². The predicted molar refractivity (Wildman–Crippen MR) is 164 cm³/mol. The number of benzene rings is 2. The van der Waals surface area contributed by atoms with Crippen LogP contribution in [0.15, 0.2) is 52.4 Å². The van der Waals surface area contributed by atoms with Gasteiger partial charge in [-0.3, -0.25) is 9.88 Å². The summed E-state index contributed by atoms with van der Waals surface area (Å²) in [5.74, 6) is -1.54. The van der Waals surface area contributed by atoms with Crippen molar-refractivity contribution in [3.63, 3.8) is 0 Å². The molecule has 3 aliphatic heterocycles. The molecule has 0 bridgehead atoms. The summed E-state index contributed by atoms with van der Waals surface area (Å²) in [6.07, 6.45) is 5.76. The number of aromatic hydroxyl groups is 1.